The molecule has 0 saturated carbocycles. The maximum absolute atomic E-state index is 3.51. The lowest BCUT2D eigenvalue weighted by atomic mass is 10.0. The van der Waals surface area contributed by atoms with Crippen molar-refractivity contribution in [2.24, 2.45) is 0 Å². The Morgan fingerprint density at radius 3 is 2.29 bits per heavy atom. The van der Waals surface area contributed by atoms with Gasteiger partial charge in [0.2, 0.25) is 0 Å². The Morgan fingerprint density at radius 2 is 1.65 bits per heavy atom. The number of hydrogen-bond acceptors (Lipinski definition) is 1. The molecule has 0 spiro atoms. The Bertz CT molecular complexity index is 491. The Hall–Kier alpha value is -1.28. The molecule has 0 heterocycles. The number of nitrogens with one attached hydrogen (secondary N) is 1. The van der Waals surface area contributed by atoms with Crippen molar-refractivity contribution in [3.05, 3.63) is 64.1 Å². The third-order valence-electron chi connectivity index (χ3n) is 2.88. The van der Waals surface area contributed by atoms with E-state index in [1.54, 1.807) is 0 Å². The summed E-state index contributed by atoms with van der Waals surface area (Å²) in [7, 11) is 0. The molecule has 1 atom stereocenters. The van der Waals surface area contributed by atoms with Gasteiger partial charge in [-0.1, -0.05) is 40.2 Å². The molecule has 2 aromatic carbocycles. The Labute approximate surface area is 111 Å². The Balaban J connectivity index is 2.14. The lowest BCUT2D eigenvalue weighted by molar-refractivity contribution is 0.874. The molecule has 2 rings (SSSR count). The molecule has 1 N–H and O–H groups in total. The Kier molecular flexibility index (Phi) is 3.85. The minimum atomic E-state index is 0.317. The number of halogens is 1. The molecular weight excluding hydrogens is 274 g/mol. The maximum Gasteiger partial charge on any atom is 0.0488 e. The van der Waals surface area contributed by atoms with Crippen LogP contribution in [-0.4, -0.2) is 0 Å². The van der Waals surface area contributed by atoms with Gasteiger partial charge in [0.15, 0.2) is 0 Å². The molecule has 17 heavy (non-hydrogen) atoms. The van der Waals surface area contributed by atoms with Crippen LogP contribution in [0.15, 0.2) is 53.0 Å². The smallest absolute Gasteiger partial charge is 0.0488 e. The topological polar surface area (TPSA) is 12.0 Å². The average Bonchev–Trinajstić information content (AvgIpc) is 2.32. The van der Waals surface area contributed by atoms with Crippen molar-refractivity contribution in [3.63, 3.8) is 0 Å². The van der Waals surface area contributed by atoms with E-state index in [0.717, 1.165) is 10.2 Å². The number of anilines is 1. The van der Waals surface area contributed by atoms with E-state index in [9.17, 15) is 0 Å². The molecule has 1 unspecified atom stereocenters. The second-order valence-electron chi connectivity index (χ2n) is 4.23. The van der Waals surface area contributed by atoms with Gasteiger partial charge in [0.25, 0.3) is 0 Å². The fourth-order valence-corrected chi connectivity index (χ4v) is 2.21. The molecule has 0 aromatic heterocycles. The number of aryl methyl sites for hydroxylation is 1. The average molecular weight is 290 g/mol. The molecule has 88 valence electrons. The lowest BCUT2D eigenvalue weighted by Gasteiger charge is -2.17. The fraction of sp³-hybridized carbons (Fsp3) is 0.200. The van der Waals surface area contributed by atoms with Gasteiger partial charge in [-0.15, -0.1) is 0 Å². The summed E-state index contributed by atoms with van der Waals surface area (Å²) in [6.45, 7) is 4.33. The standard InChI is InChI=1S/C15H16BrN/c1-11-5-3-4-6-15(11)12(2)17-14-9-7-13(16)8-10-14/h3-10,12,17H,1-2H3. The molecule has 0 radical (unpaired) electrons. The highest BCUT2D eigenvalue weighted by Crippen LogP contribution is 2.22. The lowest BCUT2D eigenvalue weighted by Crippen LogP contribution is -2.07. The van der Waals surface area contributed by atoms with Crippen molar-refractivity contribution < 1.29 is 0 Å². The predicted octanol–water partition coefficient (Wildman–Crippen LogP) is 4.93. The maximum atomic E-state index is 3.51. The third kappa shape index (κ3) is 3.10. The SMILES string of the molecule is Cc1ccccc1C(C)Nc1ccc(Br)cc1. The number of hydrogen-bond donors (Lipinski definition) is 1. The van der Waals surface area contributed by atoms with Gasteiger partial charge in [-0.2, -0.15) is 0 Å². The summed E-state index contributed by atoms with van der Waals surface area (Å²) in [6, 6.07) is 17.1. The van der Waals surface area contributed by atoms with Crippen molar-refractivity contribution in [1.82, 2.24) is 0 Å². The summed E-state index contributed by atoms with van der Waals surface area (Å²) in [5.74, 6) is 0. The molecule has 1 nitrogen and oxygen atoms in total. The second kappa shape index (κ2) is 5.37. The first kappa shape index (κ1) is 12.2. The van der Waals surface area contributed by atoms with E-state index < -0.39 is 0 Å². The van der Waals surface area contributed by atoms with E-state index in [4.69, 9.17) is 0 Å². The van der Waals surface area contributed by atoms with E-state index in [1.807, 2.05) is 12.1 Å². The normalized spacial score (nSPS) is 12.2. The van der Waals surface area contributed by atoms with Crippen molar-refractivity contribution in [2.45, 2.75) is 19.9 Å². The summed E-state index contributed by atoms with van der Waals surface area (Å²) in [4.78, 5) is 0. The van der Waals surface area contributed by atoms with Gasteiger partial charge in [-0.3, -0.25) is 0 Å². The highest BCUT2D eigenvalue weighted by molar-refractivity contribution is 9.10. The highest BCUT2D eigenvalue weighted by Gasteiger charge is 2.07. The molecule has 0 amide bonds. The van der Waals surface area contributed by atoms with Gasteiger partial charge < -0.3 is 5.32 Å². The molecule has 2 heteroatoms. The summed E-state index contributed by atoms with van der Waals surface area (Å²) in [5, 5.41) is 3.51. The summed E-state index contributed by atoms with van der Waals surface area (Å²) in [6.07, 6.45) is 0. The van der Waals surface area contributed by atoms with Crippen LogP contribution >= 0.6 is 15.9 Å². The molecule has 2 aromatic rings. The predicted molar refractivity (Wildman–Crippen MR) is 77.4 cm³/mol. The van der Waals surface area contributed by atoms with Crippen molar-refractivity contribution >= 4 is 21.6 Å². The monoisotopic (exact) mass is 289 g/mol. The van der Waals surface area contributed by atoms with Crippen LogP contribution in [0.1, 0.15) is 24.1 Å². The van der Waals surface area contributed by atoms with E-state index in [-0.39, 0.29) is 0 Å². The molecule has 0 aliphatic carbocycles. The van der Waals surface area contributed by atoms with Gasteiger partial charge in [-0.25, -0.2) is 0 Å². The molecule has 0 aliphatic rings. The van der Waals surface area contributed by atoms with Crippen LogP contribution in [0.5, 0.6) is 0 Å². The first-order chi connectivity index (χ1) is 8.16. The van der Waals surface area contributed by atoms with E-state index in [2.05, 4.69) is 71.5 Å². The van der Waals surface area contributed by atoms with Crippen LogP contribution in [0.25, 0.3) is 0 Å². The van der Waals surface area contributed by atoms with Crippen molar-refractivity contribution in [2.75, 3.05) is 5.32 Å². The molecule has 0 fully saturated rings. The van der Waals surface area contributed by atoms with Gasteiger partial charge in [0, 0.05) is 16.2 Å². The van der Waals surface area contributed by atoms with E-state index in [1.165, 1.54) is 11.1 Å². The minimum absolute atomic E-state index is 0.317. The zero-order chi connectivity index (χ0) is 12.3. The van der Waals surface area contributed by atoms with Crippen molar-refractivity contribution in [3.8, 4) is 0 Å². The van der Waals surface area contributed by atoms with Crippen molar-refractivity contribution in [1.29, 1.82) is 0 Å². The molecule has 0 bridgehead atoms. The van der Waals surface area contributed by atoms with Gasteiger partial charge in [-0.05, 0) is 49.2 Å². The number of rotatable bonds is 3. The summed E-state index contributed by atoms with van der Waals surface area (Å²) >= 11 is 3.44. The first-order valence-electron chi connectivity index (χ1n) is 5.74. The largest absolute Gasteiger partial charge is 0.379 e. The quantitative estimate of drug-likeness (QED) is 0.845. The van der Waals surface area contributed by atoms with Gasteiger partial charge >= 0.3 is 0 Å². The zero-order valence-electron chi connectivity index (χ0n) is 10.1. The van der Waals surface area contributed by atoms with Crippen LogP contribution in [0.2, 0.25) is 0 Å². The molecular formula is C15H16BrN. The number of benzene rings is 2. The molecule has 0 saturated heterocycles. The van der Waals surface area contributed by atoms with Crippen LogP contribution in [0, 0.1) is 6.92 Å². The highest BCUT2D eigenvalue weighted by atomic mass is 79.9. The van der Waals surface area contributed by atoms with Crippen LogP contribution < -0.4 is 5.32 Å². The van der Waals surface area contributed by atoms with E-state index in [0.29, 0.717) is 6.04 Å². The summed E-state index contributed by atoms with van der Waals surface area (Å²) < 4.78 is 1.10. The van der Waals surface area contributed by atoms with Gasteiger partial charge in [0.1, 0.15) is 0 Å². The third-order valence-corrected chi connectivity index (χ3v) is 3.41. The van der Waals surface area contributed by atoms with Crippen LogP contribution in [0.4, 0.5) is 5.69 Å². The van der Waals surface area contributed by atoms with Gasteiger partial charge in [0.05, 0.1) is 0 Å². The zero-order valence-corrected chi connectivity index (χ0v) is 11.7. The fourth-order valence-electron chi connectivity index (χ4n) is 1.95. The van der Waals surface area contributed by atoms with Crippen LogP contribution in [-0.2, 0) is 0 Å². The van der Waals surface area contributed by atoms with Crippen LogP contribution in [0.3, 0.4) is 0 Å². The second-order valence-corrected chi connectivity index (χ2v) is 5.15. The first-order valence-corrected chi connectivity index (χ1v) is 6.54. The minimum Gasteiger partial charge on any atom is -0.379 e. The summed E-state index contributed by atoms with van der Waals surface area (Å²) in [5.41, 5.74) is 3.81. The Morgan fingerprint density at radius 1 is 1.00 bits per heavy atom. The van der Waals surface area contributed by atoms with E-state index >= 15 is 0 Å². The molecule has 0 aliphatic heterocycles.